The summed E-state index contributed by atoms with van der Waals surface area (Å²) in [5.41, 5.74) is 0.586. The topological polar surface area (TPSA) is 98.4 Å². The maximum Gasteiger partial charge on any atom is 0.257 e. The summed E-state index contributed by atoms with van der Waals surface area (Å²) < 4.78 is 0. The van der Waals surface area contributed by atoms with Crippen LogP contribution in [0.5, 0.6) is 0 Å². The third-order valence-corrected chi connectivity index (χ3v) is 7.87. The van der Waals surface area contributed by atoms with Crippen molar-refractivity contribution < 1.29 is 14.4 Å². The summed E-state index contributed by atoms with van der Waals surface area (Å²) >= 11 is 0. The van der Waals surface area contributed by atoms with Crippen LogP contribution in [0.1, 0.15) is 76.1 Å². The second-order valence-corrected chi connectivity index (χ2v) is 10.9. The molecule has 8 nitrogen and oxygen atoms in total. The fraction of sp³-hybridized carbons (Fsp3) is 0.760. The molecule has 3 aliphatic heterocycles. The largest absolute Gasteiger partial charge is 0.353 e. The highest BCUT2D eigenvalue weighted by Gasteiger charge is 2.43. The third kappa shape index (κ3) is 5.58. The maximum absolute atomic E-state index is 13.4. The molecule has 0 unspecified atom stereocenters. The molecule has 0 spiro atoms. The van der Waals surface area contributed by atoms with E-state index in [2.05, 4.69) is 41.2 Å². The molecule has 1 aromatic heterocycles. The second kappa shape index (κ2) is 10.3. The molecular formula is C25H39N5O3. The van der Waals surface area contributed by atoms with E-state index in [1.54, 1.807) is 12.4 Å². The number of hydrogen-bond acceptors (Lipinski definition) is 4. The summed E-state index contributed by atoms with van der Waals surface area (Å²) in [7, 11) is 0. The van der Waals surface area contributed by atoms with Gasteiger partial charge in [-0.25, -0.2) is 0 Å². The van der Waals surface area contributed by atoms with Gasteiger partial charge >= 0.3 is 0 Å². The van der Waals surface area contributed by atoms with Crippen molar-refractivity contribution in [3.63, 3.8) is 0 Å². The monoisotopic (exact) mass is 457 g/mol. The van der Waals surface area contributed by atoms with E-state index in [-0.39, 0.29) is 41.6 Å². The smallest absolute Gasteiger partial charge is 0.257 e. The minimum atomic E-state index is 0.00981. The van der Waals surface area contributed by atoms with Crippen LogP contribution in [0.25, 0.3) is 0 Å². The predicted molar refractivity (Wildman–Crippen MR) is 125 cm³/mol. The number of aromatic amines is 1. The van der Waals surface area contributed by atoms with Crippen molar-refractivity contribution in [2.24, 2.45) is 23.7 Å². The first-order chi connectivity index (χ1) is 15.8. The zero-order valence-corrected chi connectivity index (χ0v) is 20.3. The molecule has 0 saturated carbocycles. The molecule has 4 heterocycles. The Kier molecular flexibility index (Phi) is 7.39. The number of hydrogen-bond donors (Lipinski definition) is 2. The standard InChI is InChI=1S/C25H39N5O3/c1-16(2)21-8-7-17(3)9-24(32)30-14-18-10-19(22(30)5-4-6-23(31)28-21)15-29(13-18)25(33)20-11-26-27-12-20/h11-12,16-19,21-22H,4-10,13-15H2,1-3H3,(H,26,27)(H,28,31)/t17-,18+,19+,21+,22+/m1/s1. The van der Waals surface area contributed by atoms with Crippen molar-refractivity contribution in [1.82, 2.24) is 25.3 Å². The average Bonchev–Trinajstić information content (AvgIpc) is 3.31. The number of carbonyl (C=O) groups excluding carboxylic acids is 3. The van der Waals surface area contributed by atoms with Gasteiger partial charge in [0.25, 0.3) is 5.91 Å². The van der Waals surface area contributed by atoms with Crippen molar-refractivity contribution in [3.05, 3.63) is 18.0 Å². The van der Waals surface area contributed by atoms with Gasteiger partial charge in [0.2, 0.25) is 11.8 Å². The Morgan fingerprint density at radius 1 is 1.15 bits per heavy atom. The van der Waals surface area contributed by atoms with E-state index in [0.29, 0.717) is 49.9 Å². The van der Waals surface area contributed by atoms with Gasteiger partial charge in [0, 0.05) is 50.8 Å². The zero-order chi connectivity index (χ0) is 23.5. The van der Waals surface area contributed by atoms with Gasteiger partial charge in [-0.15, -0.1) is 0 Å². The van der Waals surface area contributed by atoms with Crippen molar-refractivity contribution in [1.29, 1.82) is 0 Å². The van der Waals surface area contributed by atoms with Gasteiger partial charge in [-0.2, -0.15) is 5.10 Å². The molecule has 33 heavy (non-hydrogen) atoms. The average molecular weight is 458 g/mol. The fourth-order valence-electron chi connectivity index (χ4n) is 6.02. The normalized spacial score (nSPS) is 31.8. The number of nitrogens with zero attached hydrogens (tertiary/aromatic N) is 3. The highest BCUT2D eigenvalue weighted by atomic mass is 16.2. The van der Waals surface area contributed by atoms with Crippen molar-refractivity contribution in [3.8, 4) is 0 Å². The molecule has 2 N–H and O–H groups in total. The van der Waals surface area contributed by atoms with Crippen LogP contribution in [0.2, 0.25) is 0 Å². The number of aromatic nitrogens is 2. The highest BCUT2D eigenvalue weighted by molar-refractivity contribution is 5.93. The lowest BCUT2D eigenvalue weighted by atomic mass is 9.77. The number of carbonyl (C=O) groups is 3. The Labute approximate surface area is 196 Å². The molecule has 3 fully saturated rings. The molecule has 0 aromatic carbocycles. The van der Waals surface area contributed by atoms with Crippen LogP contribution in [0.15, 0.2) is 12.4 Å². The van der Waals surface area contributed by atoms with Gasteiger partial charge in [0.1, 0.15) is 0 Å². The van der Waals surface area contributed by atoms with E-state index in [1.165, 1.54) is 0 Å². The van der Waals surface area contributed by atoms with Crippen LogP contribution in [0, 0.1) is 23.7 Å². The number of likely N-dealkylation sites (tertiary alicyclic amines) is 1. The number of H-pyrrole nitrogens is 1. The molecule has 5 atom stereocenters. The Morgan fingerprint density at radius 2 is 1.97 bits per heavy atom. The minimum Gasteiger partial charge on any atom is -0.353 e. The van der Waals surface area contributed by atoms with E-state index >= 15 is 0 Å². The number of rotatable bonds is 2. The van der Waals surface area contributed by atoms with Crippen molar-refractivity contribution >= 4 is 17.7 Å². The molecule has 0 aliphatic carbocycles. The molecule has 0 radical (unpaired) electrons. The van der Waals surface area contributed by atoms with E-state index in [4.69, 9.17) is 0 Å². The van der Waals surface area contributed by atoms with Crippen LogP contribution < -0.4 is 5.32 Å². The quantitative estimate of drug-likeness (QED) is 0.713. The number of fused-ring (bicyclic) bond motifs is 4. The lowest BCUT2D eigenvalue weighted by Crippen LogP contribution is -2.60. The summed E-state index contributed by atoms with van der Waals surface area (Å²) in [6.45, 7) is 8.51. The van der Waals surface area contributed by atoms with Crippen molar-refractivity contribution in [2.45, 2.75) is 77.8 Å². The third-order valence-electron chi connectivity index (χ3n) is 7.87. The van der Waals surface area contributed by atoms with Gasteiger partial charge in [-0.1, -0.05) is 20.8 Å². The van der Waals surface area contributed by atoms with E-state index in [1.807, 2.05) is 4.90 Å². The molecule has 1 aromatic rings. The predicted octanol–water partition coefficient (Wildman–Crippen LogP) is 2.83. The van der Waals surface area contributed by atoms with Crippen molar-refractivity contribution in [2.75, 3.05) is 19.6 Å². The number of amides is 3. The summed E-state index contributed by atoms with van der Waals surface area (Å²) in [4.78, 5) is 43.1. The van der Waals surface area contributed by atoms with Gasteiger partial charge < -0.3 is 15.1 Å². The molecule has 3 aliphatic rings. The lowest BCUT2D eigenvalue weighted by molar-refractivity contribution is -0.141. The molecule has 4 rings (SSSR count). The van der Waals surface area contributed by atoms with E-state index in [9.17, 15) is 14.4 Å². The van der Waals surface area contributed by atoms with E-state index < -0.39 is 0 Å². The Morgan fingerprint density at radius 3 is 2.70 bits per heavy atom. The number of nitrogens with one attached hydrogen (secondary N) is 2. The SMILES string of the molecule is CC(C)[C@@H]1CC[C@@H](C)CC(=O)N2C[C@H]3C[C@@H](CN(C(=O)c4cn[nH]c4)C3)[C@@H]2CCCC(=O)N1. The first-order valence-corrected chi connectivity index (χ1v) is 12.7. The van der Waals surface area contributed by atoms with Gasteiger partial charge in [-0.05, 0) is 55.8 Å². The van der Waals surface area contributed by atoms with Gasteiger partial charge in [0.05, 0.1) is 11.8 Å². The zero-order valence-electron chi connectivity index (χ0n) is 20.3. The Hall–Kier alpha value is -2.38. The first-order valence-electron chi connectivity index (χ1n) is 12.7. The van der Waals surface area contributed by atoms with Crippen LogP contribution in [-0.2, 0) is 9.59 Å². The molecular weight excluding hydrogens is 418 g/mol. The van der Waals surface area contributed by atoms with Crippen LogP contribution in [0.4, 0.5) is 0 Å². The molecule has 3 amide bonds. The first kappa shape index (κ1) is 23.8. The van der Waals surface area contributed by atoms with Crippen LogP contribution in [0.3, 0.4) is 0 Å². The van der Waals surface area contributed by atoms with Crippen LogP contribution >= 0.6 is 0 Å². The molecule has 2 bridgehead atoms. The highest BCUT2D eigenvalue weighted by Crippen LogP contribution is 2.37. The van der Waals surface area contributed by atoms with Crippen LogP contribution in [-0.4, -0.2) is 69.4 Å². The van der Waals surface area contributed by atoms with Gasteiger partial charge in [0.15, 0.2) is 0 Å². The lowest BCUT2D eigenvalue weighted by Gasteiger charge is -2.51. The second-order valence-electron chi connectivity index (χ2n) is 10.9. The molecule has 182 valence electrons. The summed E-state index contributed by atoms with van der Waals surface area (Å²) in [5, 5.41) is 9.88. The molecule has 3 saturated heterocycles. The fourth-order valence-corrected chi connectivity index (χ4v) is 6.02. The Balaban J connectivity index is 1.50. The summed E-state index contributed by atoms with van der Waals surface area (Å²) in [5.74, 6) is 1.60. The van der Waals surface area contributed by atoms with E-state index in [0.717, 1.165) is 32.1 Å². The Bertz CT molecular complexity index is 839. The summed E-state index contributed by atoms with van der Waals surface area (Å²) in [6.07, 6.45) is 8.74. The summed E-state index contributed by atoms with van der Waals surface area (Å²) in [6, 6.07) is 0.260. The molecule has 8 heteroatoms. The minimum absolute atomic E-state index is 0.00981. The van der Waals surface area contributed by atoms with Gasteiger partial charge in [-0.3, -0.25) is 19.5 Å². The maximum atomic E-state index is 13.4. The number of piperidine rings is 2.